The molecule has 5 nitrogen and oxygen atoms in total. The molecule has 2 aromatic rings. The lowest BCUT2D eigenvalue weighted by Gasteiger charge is -2.29. The van der Waals surface area contributed by atoms with Crippen molar-refractivity contribution in [2.24, 2.45) is 5.92 Å². The third-order valence-corrected chi connectivity index (χ3v) is 5.46. The van der Waals surface area contributed by atoms with E-state index < -0.39 is 6.04 Å². The Bertz CT molecular complexity index is 762. The molecule has 1 saturated heterocycles. The van der Waals surface area contributed by atoms with Gasteiger partial charge in [-0.1, -0.05) is 13.8 Å². The van der Waals surface area contributed by atoms with Gasteiger partial charge in [0, 0.05) is 11.4 Å². The van der Waals surface area contributed by atoms with Crippen LogP contribution in [0.15, 0.2) is 47.1 Å². The Balaban J connectivity index is 1.80. The molecule has 0 aliphatic carbocycles. The van der Waals surface area contributed by atoms with Crippen LogP contribution in [0.3, 0.4) is 0 Å². The molecule has 26 heavy (non-hydrogen) atoms. The van der Waals surface area contributed by atoms with Gasteiger partial charge in [-0.25, -0.2) is 4.39 Å². The van der Waals surface area contributed by atoms with Crippen LogP contribution in [0.5, 0.6) is 0 Å². The second-order valence-electron chi connectivity index (χ2n) is 6.62. The number of carbonyl (C=O) groups excluding carboxylic acids is 2. The maximum atomic E-state index is 13.0. The van der Waals surface area contributed by atoms with Crippen LogP contribution in [0, 0.1) is 11.7 Å². The van der Waals surface area contributed by atoms with Gasteiger partial charge in [0.2, 0.25) is 5.91 Å². The number of rotatable bonds is 5. The first-order chi connectivity index (χ1) is 12.5. The first-order valence-electron chi connectivity index (χ1n) is 8.50. The summed E-state index contributed by atoms with van der Waals surface area (Å²) in [6.45, 7) is 4.17. The van der Waals surface area contributed by atoms with Crippen LogP contribution < -0.4 is 5.32 Å². The molecule has 1 aromatic carbocycles. The van der Waals surface area contributed by atoms with E-state index in [-0.39, 0.29) is 28.8 Å². The Labute approximate surface area is 155 Å². The van der Waals surface area contributed by atoms with Crippen LogP contribution in [0.1, 0.15) is 30.8 Å². The van der Waals surface area contributed by atoms with Crippen molar-refractivity contribution in [1.29, 1.82) is 0 Å². The highest BCUT2D eigenvalue weighted by atomic mass is 32.2. The Hall–Kier alpha value is -2.28. The molecule has 2 unspecified atom stereocenters. The van der Waals surface area contributed by atoms with E-state index >= 15 is 0 Å². The summed E-state index contributed by atoms with van der Waals surface area (Å²) in [6, 6.07) is 8.22. The maximum Gasteiger partial charge on any atom is 0.291 e. The van der Waals surface area contributed by atoms with Gasteiger partial charge < -0.3 is 14.6 Å². The quantitative estimate of drug-likeness (QED) is 0.857. The largest absolute Gasteiger partial charge is 0.459 e. The number of furan rings is 1. The number of nitrogens with one attached hydrogen (secondary N) is 1. The van der Waals surface area contributed by atoms with Gasteiger partial charge >= 0.3 is 0 Å². The van der Waals surface area contributed by atoms with Gasteiger partial charge in [-0.05, 0) is 48.7 Å². The summed E-state index contributed by atoms with van der Waals surface area (Å²) < 4.78 is 18.3. The second kappa shape index (κ2) is 7.95. The lowest BCUT2D eigenvalue weighted by Crippen LogP contribution is -2.48. The molecule has 0 bridgehead atoms. The fourth-order valence-electron chi connectivity index (χ4n) is 2.91. The normalized spacial score (nSPS) is 19.8. The zero-order valence-corrected chi connectivity index (χ0v) is 15.5. The van der Waals surface area contributed by atoms with E-state index in [4.69, 9.17) is 4.42 Å². The molecule has 1 aliphatic heterocycles. The van der Waals surface area contributed by atoms with Gasteiger partial charge in [-0.15, -0.1) is 11.8 Å². The molecule has 1 aliphatic rings. The highest BCUT2D eigenvalue weighted by molar-refractivity contribution is 8.00. The van der Waals surface area contributed by atoms with E-state index in [1.807, 2.05) is 0 Å². The van der Waals surface area contributed by atoms with Crippen LogP contribution in [-0.2, 0) is 4.79 Å². The van der Waals surface area contributed by atoms with E-state index in [1.54, 1.807) is 28.8 Å². The monoisotopic (exact) mass is 376 g/mol. The molecule has 2 heterocycles. The molecular formula is C19H21FN2O3S. The van der Waals surface area contributed by atoms with Gasteiger partial charge in [-0.3, -0.25) is 9.59 Å². The van der Waals surface area contributed by atoms with Crippen molar-refractivity contribution in [3.05, 3.63) is 54.2 Å². The molecule has 1 aromatic heterocycles. The summed E-state index contributed by atoms with van der Waals surface area (Å²) in [5.74, 6) is 0.182. The van der Waals surface area contributed by atoms with Crippen LogP contribution in [0.25, 0.3) is 0 Å². The summed E-state index contributed by atoms with van der Waals surface area (Å²) in [5, 5.41) is 2.69. The average molecular weight is 376 g/mol. The van der Waals surface area contributed by atoms with Crippen molar-refractivity contribution >= 4 is 29.3 Å². The molecule has 0 radical (unpaired) electrons. The highest BCUT2D eigenvalue weighted by Crippen LogP contribution is 2.35. The number of carbonyl (C=O) groups is 2. The predicted octanol–water partition coefficient (Wildman–Crippen LogP) is 3.99. The third-order valence-electron chi connectivity index (χ3n) is 4.15. The number of thioether (sulfide) groups is 1. The van der Waals surface area contributed by atoms with E-state index in [0.29, 0.717) is 17.4 Å². The van der Waals surface area contributed by atoms with E-state index in [1.165, 1.54) is 30.5 Å². The minimum absolute atomic E-state index is 0.0865. The van der Waals surface area contributed by atoms with Crippen molar-refractivity contribution in [1.82, 2.24) is 4.90 Å². The molecule has 1 fully saturated rings. The second-order valence-corrected chi connectivity index (χ2v) is 7.83. The minimum atomic E-state index is -0.605. The predicted molar refractivity (Wildman–Crippen MR) is 99.4 cm³/mol. The Kier molecular flexibility index (Phi) is 5.66. The molecule has 1 N–H and O–H groups in total. The summed E-state index contributed by atoms with van der Waals surface area (Å²) in [6.07, 6.45) is 2.24. The van der Waals surface area contributed by atoms with E-state index in [0.717, 1.165) is 6.42 Å². The summed E-state index contributed by atoms with van der Waals surface area (Å²) >= 11 is 1.60. The van der Waals surface area contributed by atoms with Gasteiger partial charge in [0.25, 0.3) is 5.91 Å². The minimum Gasteiger partial charge on any atom is -0.459 e. The van der Waals surface area contributed by atoms with Gasteiger partial charge in [0.05, 0.1) is 11.6 Å². The highest BCUT2D eigenvalue weighted by Gasteiger charge is 2.42. The van der Waals surface area contributed by atoms with Crippen LogP contribution in [0.2, 0.25) is 0 Å². The fourth-order valence-corrected chi connectivity index (χ4v) is 4.55. The SMILES string of the molecule is CC(C)CC1SCC(C(=O)Nc2ccc(F)cc2)N1C(=O)c1ccco1. The smallest absolute Gasteiger partial charge is 0.291 e. The Morgan fingerprint density at radius 3 is 2.65 bits per heavy atom. The molecular weight excluding hydrogens is 355 g/mol. The lowest BCUT2D eigenvalue weighted by atomic mass is 10.1. The van der Waals surface area contributed by atoms with Crippen LogP contribution in [0.4, 0.5) is 10.1 Å². The van der Waals surface area contributed by atoms with Crippen LogP contribution >= 0.6 is 11.8 Å². The average Bonchev–Trinajstić information content (AvgIpc) is 3.25. The molecule has 2 amide bonds. The number of hydrogen-bond donors (Lipinski definition) is 1. The number of amides is 2. The van der Waals surface area contributed by atoms with Gasteiger partial charge in [-0.2, -0.15) is 0 Å². The maximum absolute atomic E-state index is 13.0. The lowest BCUT2D eigenvalue weighted by molar-refractivity contribution is -0.119. The van der Waals surface area contributed by atoms with Gasteiger partial charge in [0.1, 0.15) is 11.9 Å². The van der Waals surface area contributed by atoms with Crippen molar-refractivity contribution in [2.75, 3.05) is 11.1 Å². The summed E-state index contributed by atoms with van der Waals surface area (Å²) in [4.78, 5) is 27.3. The number of halogens is 1. The van der Waals surface area contributed by atoms with Gasteiger partial charge in [0.15, 0.2) is 5.76 Å². The first kappa shape index (κ1) is 18.5. The molecule has 2 atom stereocenters. The molecule has 7 heteroatoms. The van der Waals surface area contributed by atoms with Crippen molar-refractivity contribution in [3.8, 4) is 0 Å². The Morgan fingerprint density at radius 1 is 1.31 bits per heavy atom. The number of anilines is 1. The first-order valence-corrected chi connectivity index (χ1v) is 9.55. The molecule has 0 saturated carbocycles. The zero-order chi connectivity index (χ0) is 18.7. The fraction of sp³-hybridized carbons (Fsp3) is 0.368. The standard InChI is InChI=1S/C19H21FN2O3S/c1-12(2)10-17-22(19(24)16-4-3-9-25-16)15(11-26-17)18(23)21-14-7-5-13(20)6-8-14/h3-9,12,15,17H,10-11H2,1-2H3,(H,21,23). The van der Waals surface area contributed by atoms with E-state index in [9.17, 15) is 14.0 Å². The third kappa shape index (κ3) is 4.09. The van der Waals surface area contributed by atoms with E-state index in [2.05, 4.69) is 19.2 Å². The zero-order valence-electron chi connectivity index (χ0n) is 14.6. The van der Waals surface area contributed by atoms with Crippen molar-refractivity contribution in [3.63, 3.8) is 0 Å². The topological polar surface area (TPSA) is 62.6 Å². The Morgan fingerprint density at radius 2 is 2.04 bits per heavy atom. The number of hydrogen-bond acceptors (Lipinski definition) is 4. The van der Waals surface area contributed by atoms with Crippen LogP contribution in [-0.4, -0.2) is 33.9 Å². The molecule has 3 rings (SSSR count). The summed E-state index contributed by atoms with van der Waals surface area (Å²) in [7, 11) is 0. The van der Waals surface area contributed by atoms with Crippen molar-refractivity contribution < 1.29 is 18.4 Å². The number of nitrogens with zero attached hydrogens (tertiary/aromatic N) is 1. The number of benzene rings is 1. The molecule has 0 spiro atoms. The molecule has 138 valence electrons. The summed E-state index contributed by atoms with van der Waals surface area (Å²) in [5.41, 5.74) is 0.499. The van der Waals surface area contributed by atoms with Crippen molar-refractivity contribution in [2.45, 2.75) is 31.7 Å².